The summed E-state index contributed by atoms with van der Waals surface area (Å²) in [5.41, 5.74) is 1.47. The highest BCUT2D eigenvalue weighted by Crippen LogP contribution is 2.26. The molecule has 0 saturated carbocycles. The van der Waals surface area contributed by atoms with Gasteiger partial charge in [0.25, 0.3) is 0 Å². The van der Waals surface area contributed by atoms with Crippen molar-refractivity contribution in [3.8, 4) is 11.5 Å². The number of rotatable bonds is 6. The second-order valence-corrected chi connectivity index (χ2v) is 5.65. The first-order valence-electron chi connectivity index (χ1n) is 6.95. The lowest BCUT2D eigenvalue weighted by atomic mass is 10.1. The summed E-state index contributed by atoms with van der Waals surface area (Å²) in [7, 11) is 3.16. The second kappa shape index (κ2) is 8.09. The summed E-state index contributed by atoms with van der Waals surface area (Å²) in [5.74, 6) is 1.18. The molecule has 4 nitrogen and oxygen atoms in total. The zero-order valence-corrected chi connectivity index (χ0v) is 14.4. The fourth-order valence-electron chi connectivity index (χ4n) is 2.12. The van der Waals surface area contributed by atoms with Crippen LogP contribution in [0.1, 0.15) is 11.1 Å². The van der Waals surface area contributed by atoms with Gasteiger partial charge in [0.2, 0.25) is 5.91 Å². The smallest absolute Gasteiger partial charge is 0.224 e. The molecule has 23 heavy (non-hydrogen) atoms. The molecule has 0 atom stereocenters. The Bertz CT molecular complexity index is 684. The number of methoxy groups -OCH3 is 2. The first-order valence-corrected chi connectivity index (χ1v) is 7.71. The van der Waals surface area contributed by atoms with E-state index in [1.54, 1.807) is 38.5 Å². The SMILES string of the molecule is COc1ccc(CNC(=O)Cc2c(Cl)cccc2Cl)c(OC)c1. The second-order valence-electron chi connectivity index (χ2n) is 4.83. The molecule has 0 spiro atoms. The van der Waals surface area contributed by atoms with E-state index in [2.05, 4.69) is 5.32 Å². The molecule has 0 saturated heterocycles. The van der Waals surface area contributed by atoms with Gasteiger partial charge in [-0.15, -0.1) is 0 Å². The summed E-state index contributed by atoms with van der Waals surface area (Å²) >= 11 is 12.1. The molecule has 1 amide bonds. The van der Waals surface area contributed by atoms with Crippen molar-refractivity contribution in [2.24, 2.45) is 0 Å². The molecule has 0 heterocycles. The van der Waals surface area contributed by atoms with E-state index < -0.39 is 0 Å². The Morgan fingerprint density at radius 2 is 1.78 bits per heavy atom. The van der Waals surface area contributed by atoms with Crippen LogP contribution in [0.3, 0.4) is 0 Å². The lowest BCUT2D eigenvalue weighted by molar-refractivity contribution is -0.120. The molecule has 0 fully saturated rings. The van der Waals surface area contributed by atoms with Crippen LogP contribution in [0.5, 0.6) is 11.5 Å². The van der Waals surface area contributed by atoms with Crippen LogP contribution in [0.25, 0.3) is 0 Å². The van der Waals surface area contributed by atoms with Gasteiger partial charge in [0.1, 0.15) is 11.5 Å². The number of hydrogen-bond donors (Lipinski definition) is 1. The predicted molar refractivity (Wildman–Crippen MR) is 91.6 cm³/mol. The van der Waals surface area contributed by atoms with Crippen molar-refractivity contribution >= 4 is 29.1 Å². The maximum absolute atomic E-state index is 12.1. The monoisotopic (exact) mass is 353 g/mol. The third-order valence-electron chi connectivity index (χ3n) is 3.37. The molecule has 2 aromatic carbocycles. The van der Waals surface area contributed by atoms with E-state index in [4.69, 9.17) is 32.7 Å². The number of halogens is 2. The molecule has 6 heteroatoms. The molecular formula is C17H17Cl2NO3. The van der Waals surface area contributed by atoms with Gasteiger partial charge < -0.3 is 14.8 Å². The number of carbonyl (C=O) groups excluding carboxylic acids is 1. The summed E-state index contributed by atoms with van der Waals surface area (Å²) in [4.78, 5) is 12.1. The summed E-state index contributed by atoms with van der Waals surface area (Å²) in [5, 5.41) is 3.80. The minimum atomic E-state index is -0.169. The summed E-state index contributed by atoms with van der Waals surface area (Å²) < 4.78 is 10.4. The van der Waals surface area contributed by atoms with Crippen LogP contribution < -0.4 is 14.8 Å². The van der Waals surface area contributed by atoms with E-state index >= 15 is 0 Å². The third kappa shape index (κ3) is 4.53. The predicted octanol–water partition coefficient (Wildman–Crippen LogP) is 3.87. The lowest BCUT2D eigenvalue weighted by Crippen LogP contribution is -2.25. The van der Waals surface area contributed by atoms with Gasteiger partial charge in [-0.05, 0) is 29.8 Å². The topological polar surface area (TPSA) is 47.6 Å². The molecule has 0 radical (unpaired) electrons. The third-order valence-corrected chi connectivity index (χ3v) is 4.08. The number of hydrogen-bond acceptors (Lipinski definition) is 3. The van der Waals surface area contributed by atoms with Gasteiger partial charge in [0, 0.05) is 28.2 Å². The normalized spacial score (nSPS) is 10.3. The number of benzene rings is 2. The van der Waals surface area contributed by atoms with Gasteiger partial charge >= 0.3 is 0 Å². The van der Waals surface area contributed by atoms with Crippen molar-refractivity contribution in [1.82, 2.24) is 5.32 Å². The van der Waals surface area contributed by atoms with Gasteiger partial charge in [-0.2, -0.15) is 0 Å². The molecule has 0 aromatic heterocycles. The molecule has 2 aromatic rings. The zero-order valence-electron chi connectivity index (χ0n) is 12.9. The molecule has 1 N–H and O–H groups in total. The van der Waals surface area contributed by atoms with Crippen LogP contribution in [0.4, 0.5) is 0 Å². The highest BCUT2D eigenvalue weighted by atomic mass is 35.5. The van der Waals surface area contributed by atoms with Gasteiger partial charge in [0.15, 0.2) is 0 Å². The fourth-order valence-corrected chi connectivity index (χ4v) is 2.65. The minimum absolute atomic E-state index is 0.122. The molecule has 0 aliphatic carbocycles. The largest absolute Gasteiger partial charge is 0.497 e. The number of nitrogens with one attached hydrogen (secondary N) is 1. The van der Waals surface area contributed by atoms with Crippen molar-refractivity contribution in [1.29, 1.82) is 0 Å². The lowest BCUT2D eigenvalue weighted by Gasteiger charge is -2.12. The Balaban J connectivity index is 2.02. The van der Waals surface area contributed by atoms with Crippen molar-refractivity contribution in [2.75, 3.05) is 14.2 Å². The molecular weight excluding hydrogens is 337 g/mol. The molecule has 122 valence electrons. The van der Waals surface area contributed by atoms with Crippen molar-refractivity contribution in [3.05, 3.63) is 57.6 Å². The number of carbonyl (C=O) groups is 1. The average molecular weight is 354 g/mol. The quantitative estimate of drug-likeness (QED) is 0.857. The highest BCUT2D eigenvalue weighted by Gasteiger charge is 2.12. The first kappa shape index (κ1) is 17.4. The van der Waals surface area contributed by atoms with Gasteiger partial charge in [-0.3, -0.25) is 4.79 Å². The maximum Gasteiger partial charge on any atom is 0.224 e. The summed E-state index contributed by atoms with van der Waals surface area (Å²) in [6, 6.07) is 10.6. The molecule has 0 unspecified atom stereocenters. The van der Waals surface area contributed by atoms with Crippen molar-refractivity contribution in [3.63, 3.8) is 0 Å². The standard InChI is InChI=1S/C17H17Cl2NO3/c1-22-12-7-6-11(16(8-12)23-2)10-20-17(21)9-13-14(18)4-3-5-15(13)19/h3-8H,9-10H2,1-2H3,(H,20,21). The summed E-state index contributed by atoms with van der Waals surface area (Å²) in [6.07, 6.45) is 0.122. The van der Waals surface area contributed by atoms with Crippen LogP contribution in [0, 0.1) is 0 Å². The van der Waals surface area contributed by atoms with Crippen molar-refractivity contribution in [2.45, 2.75) is 13.0 Å². The highest BCUT2D eigenvalue weighted by molar-refractivity contribution is 6.36. The van der Waals surface area contributed by atoms with E-state index in [1.807, 2.05) is 12.1 Å². The number of ether oxygens (including phenoxy) is 2. The van der Waals surface area contributed by atoms with E-state index in [0.717, 1.165) is 5.56 Å². The van der Waals surface area contributed by atoms with E-state index in [9.17, 15) is 4.79 Å². The Morgan fingerprint density at radius 3 is 2.39 bits per heavy atom. The van der Waals surface area contributed by atoms with Gasteiger partial charge in [0.05, 0.1) is 20.6 Å². The Morgan fingerprint density at radius 1 is 1.09 bits per heavy atom. The molecule has 0 aliphatic heterocycles. The van der Waals surface area contributed by atoms with Crippen molar-refractivity contribution < 1.29 is 14.3 Å². The first-order chi connectivity index (χ1) is 11.0. The Hall–Kier alpha value is -1.91. The van der Waals surface area contributed by atoms with Crippen LogP contribution in [-0.4, -0.2) is 20.1 Å². The Labute approximate surface area is 145 Å². The molecule has 0 aliphatic rings. The zero-order chi connectivity index (χ0) is 16.8. The molecule has 2 rings (SSSR count). The van der Waals surface area contributed by atoms with Gasteiger partial charge in [-0.25, -0.2) is 0 Å². The van der Waals surface area contributed by atoms with E-state index in [1.165, 1.54) is 0 Å². The maximum atomic E-state index is 12.1. The Kier molecular flexibility index (Phi) is 6.13. The number of amides is 1. The van der Waals surface area contributed by atoms with Gasteiger partial charge in [-0.1, -0.05) is 29.3 Å². The van der Waals surface area contributed by atoms with E-state index in [0.29, 0.717) is 33.7 Å². The minimum Gasteiger partial charge on any atom is -0.497 e. The van der Waals surface area contributed by atoms with E-state index in [-0.39, 0.29) is 12.3 Å². The van der Waals surface area contributed by atoms with Crippen LogP contribution in [0.2, 0.25) is 10.0 Å². The average Bonchev–Trinajstić information content (AvgIpc) is 2.56. The van der Waals surface area contributed by atoms with Crippen LogP contribution in [0.15, 0.2) is 36.4 Å². The molecule has 0 bridgehead atoms. The fraction of sp³-hybridized carbons (Fsp3) is 0.235. The summed E-state index contributed by atoms with van der Waals surface area (Å²) in [6.45, 7) is 0.341. The van der Waals surface area contributed by atoms with Crippen LogP contribution in [-0.2, 0) is 17.8 Å². The van der Waals surface area contributed by atoms with Crippen LogP contribution >= 0.6 is 23.2 Å².